The molecule has 0 saturated heterocycles. The van der Waals surface area contributed by atoms with Gasteiger partial charge in [0.2, 0.25) is 15.8 Å². The Labute approximate surface area is 179 Å². The molecule has 162 valence electrons. The number of carbonyl (C=O) groups is 2. The van der Waals surface area contributed by atoms with Crippen molar-refractivity contribution >= 4 is 32.7 Å². The number of aromatic amines is 1. The molecule has 31 heavy (non-hydrogen) atoms. The summed E-state index contributed by atoms with van der Waals surface area (Å²) in [6.45, 7) is 1.48. The van der Waals surface area contributed by atoms with Gasteiger partial charge in [0.25, 0.3) is 0 Å². The summed E-state index contributed by atoms with van der Waals surface area (Å²) in [4.78, 5) is 28.4. The third-order valence-corrected chi connectivity index (χ3v) is 6.64. The molecule has 2 aromatic carbocycles. The molecule has 0 spiro atoms. The van der Waals surface area contributed by atoms with E-state index in [-0.39, 0.29) is 28.0 Å². The number of carbonyl (C=O) groups excluding carboxylic acids is 2. The molecule has 0 aliphatic heterocycles. The van der Waals surface area contributed by atoms with Crippen LogP contribution in [0.2, 0.25) is 0 Å². The number of methoxy groups -OCH3 is 1. The zero-order valence-corrected chi connectivity index (χ0v) is 17.9. The first-order chi connectivity index (χ1) is 14.8. The topological polar surface area (TPSA) is 115 Å². The number of hydrogen-bond acceptors (Lipinski definition) is 6. The van der Waals surface area contributed by atoms with Crippen molar-refractivity contribution < 1.29 is 27.5 Å². The first kappa shape index (κ1) is 21.1. The molecule has 3 aromatic rings. The number of H-pyrrole nitrogens is 1. The van der Waals surface area contributed by atoms with Gasteiger partial charge in [0.05, 0.1) is 12.7 Å². The standard InChI is InChI=1S/C22H22N2O6S/c1-13(21(25)17-12-23-18-6-4-3-5-16(17)18)30-22(26)14-7-10-19(29-2)20(11-14)31(27,28)24-15-8-9-15/h3-7,10-13,15,23-24H,8-9H2,1-2H3. The molecule has 1 aromatic heterocycles. The van der Waals surface area contributed by atoms with Crippen molar-refractivity contribution in [1.82, 2.24) is 9.71 Å². The van der Waals surface area contributed by atoms with Crippen molar-refractivity contribution in [1.29, 1.82) is 0 Å². The van der Waals surface area contributed by atoms with Crippen LogP contribution in [0.15, 0.2) is 53.6 Å². The van der Waals surface area contributed by atoms with Gasteiger partial charge in [-0.05, 0) is 44.0 Å². The maximum absolute atomic E-state index is 12.8. The van der Waals surface area contributed by atoms with Gasteiger partial charge in [-0.25, -0.2) is 17.9 Å². The van der Waals surface area contributed by atoms with Crippen LogP contribution in [0.1, 0.15) is 40.5 Å². The Hall–Kier alpha value is -3.17. The highest BCUT2D eigenvalue weighted by Gasteiger charge is 2.31. The number of hydrogen-bond donors (Lipinski definition) is 2. The number of sulfonamides is 1. The van der Waals surface area contributed by atoms with Gasteiger partial charge in [0, 0.05) is 28.7 Å². The Morgan fingerprint density at radius 2 is 1.90 bits per heavy atom. The Balaban J connectivity index is 1.55. The molecular weight excluding hydrogens is 420 g/mol. The summed E-state index contributed by atoms with van der Waals surface area (Å²) in [5.41, 5.74) is 1.23. The molecule has 0 radical (unpaired) electrons. The van der Waals surface area contributed by atoms with Crippen LogP contribution in [0.3, 0.4) is 0 Å². The maximum atomic E-state index is 12.8. The van der Waals surface area contributed by atoms with Crippen LogP contribution < -0.4 is 9.46 Å². The Bertz CT molecular complexity index is 1260. The quantitative estimate of drug-likeness (QED) is 0.409. The number of benzene rings is 2. The highest BCUT2D eigenvalue weighted by molar-refractivity contribution is 7.89. The lowest BCUT2D eigenvalue weighted by Gasteiger charge is -2.14. The van der Waals surface area contributed by atoms with E-state index in [2.05, 4.69) is 9.71 Å². The van der Waals surface area contributed by atoms with Crippen molar-refractivity contribution in [2.75, 3.05) is 7.11 Å². The fraction of sp³-hybridized carbons (Fsp3) is 0.273. The van der Waals surface area contributed by atoms with E-state index in [0.717, 1.165) is 23.7 Å². The molecule has 1 atom stereocenters. The number of esters is 1. The van der Waals surface area contributed by atoms with Gasteiger partial charge in [0.15, 0.2) is 6.10 Å². The number of ether oxygens (including phenoxy) is 2. The molecule has 1 saturated carbocycles. The van der Waals surface area contributed by atoms with E-state index >= 15 is 0 Å². The molecule has 0 amide bonds. The number of rotatable bonds is 8. The van der Waals surface area contributed by atoms with Crippen LogP contribution in [-0.2, 0) is 14.8 Å². The second-order valence-corrected chi connectivity index (χ2v) is 9.10. The van der Waals surface area contributed by atoms with Crippen molar-refractivity contribution in [3.05, 3.63) is 59.8 Å². The largest absolute Gasteiger partial charge is 0.495 e. The van der Waals surface area contributed by atoms with Crippen molar-refractivity contribution in [2.24, 2.45) is 0 Å². The molecule has 1 fully saturated rings. The molecule has 1 heterocycles. The number of fused-ring (bicyclic) bond motifs is 1. The van der Waals surface area contributed by atoms with E-state index in [9.17, 15) is 18.0 Å². The average molecular weight is 442 g/mol. The van der Waals surface area contributed by atoms with Crippen molar-refractivity contribution in [3.63, 3.8) is 0 Å². The second-order valence-electron chi connectivity index (χ2n) is 7.42. The van der Waals surface area contributed by atoms with Crippen LogP contribution in [0.25, 0.3) is 10.9 Å². The second kappa shape index (κ2) is 8.16. The molecule has 1 unspecified atom stereocenters. The van der Waals surface area contributed by atoms with Gasteiger partial charge in [0.1, 0.15) is 10.6 Å². The fourth-order valence-electron chi connectivity index (χ4n) is 3.27. The Kier molecular flexibility index (Phi) is 5.55. The van der Waals surface area contributed by atoms with Crippen LogP contribution in [-0.4, -0.2) is 44.4 Å². The van der Waals surface area contributed by atoms with E-state index in [1.54, 1.807) is 12.3 Å². The zero-order chi connectivity index (χ0) is 22.2. The lowest BCUT2D eigenvalue weighted by atomic mass is 10.1. The van der Waals surface area contributed by atoms with E-state index in [4.69, 9.17) is 9.47 Å². The third kappa shape index (κ3) is 4.33. The average Bonchev–Trinajstić information content (AvgIpc) is 3.46. The van der Waals surface area contributed by atoms with Gasteiger partial charge in [-0.15, -0.1) is 0 Å². The van der Waals surface area contributed by atoms with Crippen LogP contribution in [0.4, 0.5) is 0 Å². The summed E-state index contributed by atoms with van der Waals surface area (Å²) in [7, 11) is -2.50. The Morgan fingerprint density at radius 1 is 1.16 bits per heavy atom. The number of para-hydroxylation sites is 1. The van der Waals surface area contributed by atoms with Crippen LogP contribution in [0, 0.1) is 0 Å². The van der Waals surface area contributed by atoms with Gasteiger partial charge >= 0.3 is 5.97 Å². The molecule has 9 heteroatoms. The van der Waals surface area contributed by atoms with Crippen molar-refractivity contribution in [2.45, 2.75) is 36.8 Å². The minimum Gasteiger partial charge on any atom is -0.495 e. The molecule has 1 aliphatic rings. The van der Waals surface area contributed by atoms with Gasteiger partial charge in [-0.1, -0.05) is 18.2 Å². The van der Waals surface area contributed by atoms with Crippen molar-refractivity contribution in [3.8, 4) is 5.75 Å². The Morgan fingerprint density at radius 3 is 2.61 bits per heavy atom. The lowest BCUT2D eigenvalue weighted by molar-refractivity contribution is 0.0319. The molecule has 0 bridgehead atoms. The number of ketones is 1. The summed E-state index contributed by atoms with van der Waals surface area (Å²) in [6.07, 6.45) is 2.07. The molecular formula is C22H22N2O6S. The minimum absolute atomic E-state index is 0.00977. The smallest absolute Gasteiger partial charge is 0.338 e. The van der Waals surface area contributed by atoms with Crippen LogP contribution in [0.5, 0.6) is 5.75 Å². The first-order valence-electron chi connectivity index (χ1n) is 9.82. The molecule has 8 nitrogen and oxygen atoms in total. The van der Waals surface area contributed by atoms with Gasteiger partial charge in [-0.3, -0.25) is 4.79 Å². The summed E-state index contributed by atoms with van der Waals surface area (Å²) in [6, 6.07) is 11.2. The van der Waals surface area contributed by atoms with Gasteiger partial charge < -0.3 is 14.5 Å². The molecule has 2 N–H and O–H groups in total. The summed E-state index contributed by atoms with van der Waals surface area (Å²) >= 11 is 0. The van der Waals surface area contributed by atoms with E-state index in [1.165, 1.54) is 32.2 Å². The first-order valence-corrected chi connectivity index (χ1v) is 11.3. The fourth-order valence-corrected chi connectivity index (χ4v) is 4.77. The highest BCUT2D eigenvalue weighted by atomic mass is 32.2. The van der Waals surface area contributed by atoms with E-state index < -0.39 is 22.1 Å². The monoisotopic (exact) mass is 442 g/mol. The number of Topliss-reactive ketones (excluding diaryl/α,β-unsaturated/α-hetero) is 1. The molecule has 4 rings (SSSR count). The SMILES string of the molecule is COc1ccc(C(=O)OC(C)C(=O)c2c[nH]c3ccccc23)cc1S(=O)(=O)NC1CC1. The summed E-state index contributed by atoms with van der Waals surface area (Å²) in [5.74, 6) is -1.04. The lowest BCUT2D eigenvalue weighted by Crippen LogP contribution is -2.27. The summed E-state index contributed by atoms with van der Waals surface area (Å²) in [5, 5.41) is 0.736. The zero-order valence-electron chi connectivity index (χ0n) is 17.0. The predicted molar refractivity (Wildman–Crippen MR) is 114 cm³/mol. The van der Waals surface area contributed by atoms with E-state index in [0.29, 0.717) is 5.56 Å². The highest BCUT2D eigenvalue weighted by Crippen LogP contribution is 2.29. The van der Waals surface area contributed by atoms with Gasteiger partial charge in [-0.2, -0.15) is 0 Å². The minimum atomic E-state index is -3.85. The predicted octanol–water partition coefficient (Wildman–Crippen LogP) is 3.05. The van der Waals surface area contributed by atoms with Crippen LogP contribution >= 0.6 is 0 Å². The summed E-state index contributed by atoms with van der Waals surface area (Å²) < 4.78 is 38.4. The molecule has 1 aliphatic carbocycles. The van der Waals surface area contributed by atoms with E-state index in [1.807, 2.05) is 18.2 Å². The number of aromatic nitrogens is 1. The third-order valence-electron chi connectivity index (χ3n) is 5.10. The number of nitrogens with one attached hydrogen (secondary N) is 2. The maximum Gasteiger partial charge on any atom is 0.338 e. The normalized spacial score (nSPS) is 14.9.